The van der Waals surface area contributed by atoms with E-state index in [2.05, 4.69) is 43.0 Å². The lowest BCUT2D eigenvalue weighted by atomic mass is 10.0. The summed E-state index contributed by atoms with van der Waals surface area (Å²) in [5, 5.41) is 1.34. The lowest BCUT2D eigenvalue weighted by Crippen LogP contribution is -2.17. The van der Waals surface area contributed by atoms with E-state index in [1.165, 1.54) is 48.3 Å². The van der Waals surface area contributed by atoms with E-state index in [0.717, 1.165) is 18.4 Å². The van der Waals surface area contributed by atoms with Crippen molar-refractivity contribution < 1.29 is 0 Å². The Morgan fingerprint density at radius 3 is 2.53 bits per heavy atom. The molecule has 2 aromatic rings. The predicted octanol–water partition coefficient (Wildman–Crippen LogP) is 3.96. The molecule has 19 heavy (non-hydrogen) atoms. The smallest absolute Gasteiger partial charge is 0.0709 e. The predicted molar refractivity (Wildman–Crippen MR) is 81.9 cm³/mol. The molecule has 0 radical (unpaired) electrons. The maximum Gasteiger partial charge on any atom is 0.0709 e. The van der Waals surface area contributed by atoms with E-state index in [1.807, 2.05) is 0 Å². The first-order valence-corrected chi connectivity index (χ1v) is 7.49. The highest BCUT2D eigenvalue weighted by Crippen LogP contribution is 2.27. The zero-order chi connectivity index (χ0) is 13.2. The van der Waals surface area contributed by atoms with Crippen LogP contribution in [-0.4, -0.2) is 18.1 Å². The van der Waals surface area contributed by atoms with Gasteiger partial charge in [0, 0.05) is 29.9 Å². The van der Waals surface area contributed by atoms with Gasteiger partial charge in [-0.15, -0.1) is 0 Å². The van der Waals surface area contributed by atoms with Crippen LogP contribution in [0.2, 0.25) is 0 Å². The minimum absolute atomic E-state index is 1.01. The van der Waals surface area contributed by atoms with Crippen molar-refractivity contribution in [3.63, 3.8) is 0 Å². The van der Waals surface area contributed by atoms with E-state index in [-0.39, 0.29) is 0 Å². The molecule has 0 amide bonds. The fourth-order valence-electron chi connectivity index (χ4n) is 2.99. The monoisotopic (exact) mass is 254 g/mol. The summed E-state index contributed by atoms with van der Waals surface area (Å²) in [5.74, 6) is 0. The molecule has 2 heterocycles. The van der Waals surface area contributed by atoms with Gasteiger partial charge in [0.05, 0.1) is 5.52 Å². The number of nitrogens with zero attached hydrogens (tertiary/aromatic N) is 2. The summed E-state index contributed by atoms with van der Waals surface area (Å²) in [6, 6.07) is 9.04. The minimum atomic E-state index is 1.01. The van der Waals surface area contributed by atoms with Crippen LogP contribution in [0.3, 0.4) is 0 Å². The third kappa shape index (κ3) is 2.32. The van der Waals surface area contributed by atoms with Crippen LogP contribution >= 0.6 is 0 Å². The molecule has 0 aliphatic carbocycles. The van der Waals surface area contributed by atoms with Crippen LogP contribution in [0.25, 0.3) is 10.9 Å². The second-order valence-corrected chi connectivity index (χ2v) is 5.38. The second-order valence-electron chi connectivity index (χ2n) is 5.38. The Morgan fingerprint density at radius 2 is 1.84 bits per heavy atom. The molecule has 1 aliphatic heterocycles. The number of pyridine rings is 1. The molecule has 0 saturated carbocycles. The van der Waals surface area contributed by atoms with Gasteiger partial charge < -0.3 is 4.90 Å². The van der Waals surface area contributed by atoms with E-state index < -0.39 is 0 Å². The molecule has 0 bridgehead atoms. The number of fused-ring (bicyclic) bond motifs is 1. The van der Waals surface area contributed by atoms with Gasteiger partial charge in [0.25, 0.3) is 0 Å². The van der Waals surface area contributed by atoms with Crippen molar-refractivity contribution >= 4 is 16.6 Å². The molecule has 1 aliphatic rings. The summed E-state index contributed by atoms with van der Waals surface area (Å²) >= 11 is 0. The number of hydrogen-bond acceptors (Lipinski definition) is 2. The number of aryl methyl sites for hydroxylation is 2. The summed E-state index contributed by atoms with van der Waals surface area (Å²) in [7, 11) is 0. The summed E-state index contributed by atoms with van der Waals surface area (Å²) in [5.41, 5.74) is 5.16. The van der Waals surface area contributed by atoms with Crippen molar-refractivity contribution in [1.29, 1.82) is 0 Å². The van der Waals surface area contributed by atoms with Crippen molar-refractivity contribution in [2.45, 2.75) is 39.5 Å². The molecule has 2 nitrogen and oxygen atoms in total. The number of hydrogen-bond donors (Lipinski definition) is 0. The van der Waals surface area contributed by atoms with E-state index in [9.17, 15) is 0 Å². The minimum Gasteiger partial charge on any atom is -0.372 e. The molecule has 0 unspecified atom stereocenters. The standard InChI is InChI=1S/C17H22N2/c1-3-13-11-14(4-2)18-17-8-7-15(12-16(13)17)19-9-5-6-10-19/h7-8,11-12H,3-6,9-10H2,1-2H3. The molecular weight excluding hydrogens is 232 g/mol. The molecular formula is C17H22N2. The van der Waals surface area contributed by atoms with E-state index in [1.54, 1.807) is 0 Å². The lowest BCUT2D eigenvalue weighted by molar-refractivity contribution is 0.949. The SMILES string of the molecule is CCc1cc(CC)c2cc(N3CCCC3)ccc2n1. The van der Waals surface area contributed by atoms with E-state index >= 15 is 0 Å². The van der Waals surface area contributed by atoms with Gasteiger partial charge in [-0.1, -0.05) is 13.8 Å². The average Bonchev–Trinajstić information content (AvgIpc) is 2.99. The zero-order valence-electron chi connectivity index (χ0n) is 11.9. The van der Waals surface area contributed by atoms with Crippen LogP contribution in [0.5, 0.6) is 0 Å². The Bertz CT molecular complexity index is 583. The number of aromatic nitrogens is 1. The molecule has 0 atom stereocenters. The van der Waals surface area contributed by atoms with Gasteiger partial charge in [0.2, 0.25) is 0 Å². The summed E-state index contributed by atoms with van der Waals surface area (Å²) in [6.07, 6.45) is 4.74. The summed E-state index contributed by atoms with van der Waals surface area (Å²) in [6.45, 7) is 6.81. The fraction of sp³-hybridized carbons (Fsp3) is 0.471. The van der Waals surface area contributed by atoms with Crippen LogP contribution in [0.1, 0.15) is 37.9 Å². The Balaban J connectivity index is 2.10. The van der Waals surface area contributed by atoms with Crippen LogP contribution in [0.4, 0.5) is 5.69 Å². The van der Waals surface area contributed by atoms with Crippen molar-refractivity contribution in [2.75, 3.05) is 18.0 Å². The van der Waals surface area contributed by atoms with Crippen LogP contribution in [0.15, 0.2) is 24.3 Å². The second kappa shape index (κ2) is 5.20. The fourth-order valence-corrected chi connectivity index (χ4v) is 2.99. The zero-order valence-corrected chi connectivity index (χ0v) is 11.9. The Kier molecular flexibility index (Phi) is 3.41. The van der Waals surface area contributed by atoms with Gasteiger partial charge in [-0.2, -0.15) is 0 Å². The first kappa shape index (κ1) is 12.5. The normalized spacial score (nSPS) is 15.4. The molecule has 2 heteroatoms. The third-order valence-corrected chi connectivity index (χ3v) is 4.15. The molecule has 1 fully saturated rings. The highest BCUT2D eigenvalue weighted by molar-refractivity contribution is 5.86. The first-order chi connectivity index (χ1) is 9.31. The Morgan fingerprint density at radius 1 is 1.05 bits per heavy atom. The summed E-state index contributed by atoms with van der Waals surface area (Å²) in [4.78, 5) is 7.24. The van der Waals surface area contributed by atoms with Crippen LogP contribution in [-0.2, 0) is 12.8 Å². The highest BCUT2D eigenvalue weighted by Gasteiger charge is 2.13. The van der Waals surface area contributed by atoms with Crippen molar-refractivity contribution in [3.05, 3.63) is 35.5 Å². The topological polar surface area (TPSA) is 16.1 Å². The molecule has 1 saturated heterocycles. The molecule has 1 aromatic carbocycles. The van der Waals surface area contributed by atoms with Gasteiger partial charge in [0.15, 0.2) is 0 Å². The molecule has 0 spiro atoms. The first-order valence-electron chi connectivity index (χ1n) is 7.49. The molecule has 0 N–H and O–H groups in total. The number of anilines is 1. The van der Waals surface area contributed by atoms with Crippen molar-refractivity contribution in [3.8, 4) is 0 Å². The summed E-state index contributed by atoms with van der Waals surface area (Å²) < 4.78 is 0. The van der Waals surface area contributed by atoms with Gasteiger partial charge in [-0.3, -0.25) is 4.98 Å². The Hall–Kier alpha value is -1.57. The van der Waals surface area contributed by atoms with Crippen LogP contribution in [0, 0.1) is 0 Å². The van der Waals surface area contributed by atoms with Gasteiger partial charge in [0.1, 0.15) is 0 Å². The molecule has 100 valence electrons. The largest absolute Gasteiger partial charge is 0.372 e. The quantitative estimate of drug-likeness (QED) is 0.824. The molecule has 3 rings (SSSR count). The highest BCUT2D eigenvalue weighted by atomic mass is 15.1. The maximum absolute atomic E-state index is 4.75. The van der Waals surface area contributed by atoms with Crippen molar-refractivity contribution in [1.82, 2.24) is 4.98 Å². The molecule has 1 aromatic heterocycles. The maximum atomic E-state index is 4.75. The average molecular weight is 254 g/mol. The van der Waals surface area contributed by atoms with Gasteiger partial charge >= 0.3 is 0 Å². The van der Waals surface area contributed by atoms with Gasteiger partial charge in [-0.05, 0) is 55.5 Å². The third-order valence-electron chi connectivity index (χ3n) is 4.15. The van der Waals surface area contributed by atoms with Crippen LogP contribution < -0.4 is 4.90 Å². The van der Waals surface area contributed by atoms with Gasteiger partial charge in [-0.25, -0.2) is 0 Å². The lowest BCUT2D eigenvalue weighted by Gasteiger charge is -2.18. The Labute approximate surface area is 115 Å². The number of rotatable bonds is 3. The number of benzene rings is 1. The van der Waals surface area contributed by atoms with Crippen molar-refractivity contribution in [2.24, 2.45) is 0 Å². The van der Waals surface area contributed by atoms with E-state index in [4.69, 9.17) is 4.98 Å². The van der Waals surface area contributed by atoms with E-state index in [0.29, 0.717) is 0 Å².